The predicted octanol–water partition coefficient (Wildman–Crippen LogP) is 1.92. The van der Waals surface area contributed by atoms with Crippen LogP contribution in [0, 0.1) is 0 Å². The Labute approximate surface area is 98.6 Å². The minimum Gasteiger partial charge on any atom is -0.352 e. The summed E-state index contributed by atoms with van der Waals surface area (Å²) in [6.45, 7) is 1.07. The summed E-state index contributed by atoms with van der Waals surface area (Å²) in [5.74, 6) is 0.270. The lowest BCUT2D eigenvalue weighted by molar-refractivity contribution is -0.125. The summed E-state index contributed by atoms with van der Waals surface area (Å²) >= 11 is 0. The van der Waals surface area contributed by atoms with Crippen molar-refractivity contribution in [2.45, 2.75) is 63.5 Å². The lowest BCUT2D eigenvalue weighted by Gasteiger charge is -2.23. The van der Waals surface area contributed by atoms with Gasteiger partial charge in [-0.1, -0.05) is 25.7 Å². The Morgan fingerprint density at radius 1 is 1.06 bits per heavy atom. The molecular weight excluding hydrogens is 200 g/mol. The van der Waals surface area contributed by atoms with E-state index < -0.39 is 0 Å². The van der Waals surface area contributed by atoms with Crippen LogP contribution >= 0.6 is 0 Å². The summed E-state index contributed by atoms with van der Waals surface area (Å²) in [5.41, 5.74) is 0. The minimum absolute atomic E-state index is 0.142. The molecule has 2 rings (SSSR count). The summed E-state index contributed by atoms with van der Waals surface area (Å²) < 4.78 is 0. The Morgan fingerprint density at radius 3 is 2.31 bits per heavy atom. The molecule has 1 aliphatic carbocycles. The zero-order valence-corrected chi connectivity index (χ0v) is 10.4. The molecule has 0 aromatic rings. The zero-order chi connectivity index (χ0) is 11.4. The Hall–Kier alpha value is -0.570. The lowest BCUT2D eigenvalue weighted by Crippen LogP contribution is -2.45. The van der Waals surface area contributed by atoms with E-state index in [1.165, 1.54) is 44.9 Å². The van der Waals surface area contributed by atoms with Crippen LogP contribution in [0.25, 0.3) is 0 Å². The third-order valence-electron chi connectivity index (χ3n) is 4.02. The van der Waals surface area contributed by atoms with Gasteiger partial charge in [-0.2, -0.15) is 0 Å². The molecule has 0 spiro atoms. The second-order valence-electron chi connectivity index (χ2n) is 5.34. The fourth-order valence-electron chi connectivity index (χ4n) is 2.96. The van der Waals surface area contributed by atoms with Gasteiger partial charge in [0.1, 0.15) is 0 Å². The molecule has 0 bridgehead atoms. The van der Waals surface area contributed by atoms with Crippen LogP contribution in [0.3, 0.4) is 0 Å². The number of rotatable bonds is 2. The van der Waals surface area contributed by atoms with Crippen molar-refractivity contribution in [2.24, 2.45) is 0 Å². The fourth-order valence-corrected chi connectivity index (χ4v) is 2.96. The highest BCUT2D eigenvalue weighted by atomic mass is 16.2. The molecule has 0 aromatic heterocycles. The van der Waals surface area contributed by atoms with Gasteiger partial charge in [-0.15, -0.1) is 0 Å². The van der Waals surface area contributed by atoms with Gasteiger partial charge in [-0.3, -0.25) is 9.69 Å². The Kier molecular flexibility index (Phi) is 4.22. The van der Waals surface area contributed by atoms with Crippen molar-refractivity contribution in [1.29, 1.82) is 0 Å². The van der Waals surface area contributed by atoms with Crippen molar-refractivity contribution >= 4 is 5.91 Å². The number of nitrogens with zero attached hydrogens (tertiary/aromatic N) is 1. The largest absolute Gasteiger partial charge is 0.352 e. The Bertz CT molecular complexity index is 234. The standard InChI is InChI=1S/C13H24N2O/c1-15-10-6-9-12(15)13(16)14-11-7-4-2-3-5-8-11/h11-12H,2-10H2,1H3,(H,14,16)/t12-/m0/s1. The minimum atomic E-state index is 0.142. The van der Waals surface area contributed by atoms with Gasteiger partial charge in [0.15, 0.2) is 0 Å². The number of likely N-dealkylation sites (tertiary alicyclic amines) is 1. The van der Waals surface area contributed by atoms with Gasteiger partial charge in [0.2, 0.25) is 5.91 Å². The van der Waals surface area contributed by atoms with E-state index >= 15 is 0 Å². The summed E-state index contributed by atoms with van der Waals surface area (Å²) in [5, 5.41) is 3.25. The highest BCUT2D eigenvalue weighted by Crippen LogP contribution is 2.19. The lowest BCUT2D eigenvalue weighted by atomic mass is 10.1. The van der Waals surface area contributed by atoms with Crippen molar-refractivity contribution in [3.63, 3.8) is 0 Å². The van der Waals surface area contributed by atoms with Crippen molar-refractivity contribution in [1.82, 2.24) is 10.2 Å². The average Bonchev–Trinajstić information content (AvgIpc) is 2.53. The highest BCUT2D eigenvalue weighted by molar-refractivity contribution is 5.82. The number of hydrogen-bond acceptors (Lipinski definition) is 2. The van der Waals surface area contributed by atoms with E-state index in [-0.39, 0.29) is 11.9 Å². The molecule has 2 aliphatic rings. The summed E-state index contributed by atoms with van der Waals surface area (Å²) in [6.07, 6.45) is 9.82. The van der Waals surface area contributed by atoms with Crippen molar-refractivity contribution < 1.29 is 4.79 Å². The van der Waals surface area contributed by atoms with Crippen LogP contribution in [0.15, 0.2) is 0 Å². The molecule has 1 N–H and O–H groups in total. The first-order valence-corrected chi connectivity index (χ1v) is 6.78. The van der Waals surface area contributed by atoms with Gasteiger partial charge in [0.05, 0.1) is 6.04 Å². The molecule has 1 heterocycles. The fraction of sp³-hybridized carbons (Fsp3) is 0.923. The third-order valence-corrected chi connectivity index (χ3v) is 4.02. The first kappa shape index (κ1) is 11.9. The number of hydrogen-bond donors (Lipinski definition) is 1. The van der Waals surface area contributed by atoms with E-state index in [1.54, 1.807) is 0 Å². The third kappa shape index (κ3) is 2.97. The van der Waals surface area contributed by atoms with Gasteiger partial charge in [-0.05, 0) is 39.3 Å². The molecule has 1 saturated heterocycles. The van der Waals surface area contributed by atoms with E-state index in [1.807, 2.05) is 0 Å². The number of amides is 1. The first-order valence-electron chi connectivity index (χ1n) is 6.78. The van der Waals surface area contributed by atoms with Crippen LogP contribution in [0.4, 0.5) is 0 Å². The van der Waals surface area contributed by atoms with Gasteiger partial charge >= 0.3 is 0 Å². The van der Waals surface area contributed by atoms with Crippen molar-refractivity contribution in [2.75, 3.05) is 13.6 Å². The summed E-state index contributed by atoms with van der Waals surface area (Å²) in [7, 11) is 2.06. The second kappa shape index (κ2) is 5.67. The highest BCUT2D eigenvalue weighted by Gasteiger charge is 2.28. The van der Waals surface area contributed by atoms with Crippen LogP contribution in [-0.4, -0.2) is 36.5 Å². The number of nitrogens with one attached hydrogen (secondary N) is 1. The Balaban J connectivity index is 1.81. The van der Waals surface area contributed by atoms with Gasteiger partial charge in [0.25, 0.3) is 0 Å². The van der Waals surface area contributed by atoms with Gasteiger partial charge < -0.3 is 5.32 Å². The molecule has 0 radical (unpaired) electrons. The van der Waals surface area contributed by atoms with Crippen molar-refractivity contribution in [3.05, 3.63) is 0 Å². The quantitative estimate of drug-likeness (QED) is 0.727. The number of carbonyl (C=O) groups is 1. The maximum Gasteiger partial charge on any atom is 0.237 e. The molecule has 3 nitrogen and oxygen atoms in total. The molecule has 16 heavy (non-hydrogen) atoms. The molecule has 1 aliphatic heterocycles. The van der Waals surface area contributed by atoms with Gasteiger partial charge in [-0.25, -0.2) is 0 Å². The molecule has 1 saturated carbocycles. The summed E-state index contributed by atoms with van der Waals surface area (Å²) in [6, 6.07) is 0.590. The molecule has 0 aromatic carbocycles. The van der Waals surface area contributed by atoms with Crippen LogP contribution in [0.2, 0.25) is 0 Å². The van der Waals surface area contributed by atoms with Crippen LogP contribution < -0.4 is 5.32 Å². The average molecular weight is 224 g/mol. The topological polar surface area (TPSA) is 32.3 Å². The van der Waals surface area contributed by atoms with E-state index in [2.05, 4.69) is 17.3 Å². The molecule has 1 atom stereocenters. The van der Waals surface area contributed by atoms with Crippen LogP contribution in [0.5, 0.6) is 0 Å². The number of likely N-dealkylation sites (N-methyl/N-ethyl adjacent to an activating group) is 1. The molecule has 0 unspecified atom stereocenters. The van der Waals surface area contributed by atoms with Crippen LogP contribution in [0.1, 0.15) is 51.4 Å². The molecule has 92 valence electrons. The molecule has 3 heteroatoms. The number of carbonyl (C=O) groups excluding carboxylic acids is 1. The van der Waals surface area contributed by atoms with E-state index in [9.17, 15) is 4.79 Å². The van der Waals surface area contributed by atoms with Crippen molar-refractivity contribution in [3.8, 4) is 0 Å². The van der Waals surface area contributed by atoms with E-state index in [4.69, 9.17) is 0 Å². The zero-order valence-electron chi connectivity index (χ0n) is 10.4. The predicted molar refractivity (Wildman–Crippen MR) is 65.3 cm³/mol. The summed E-state index contributed by atoms with van der Waals surface area (Å²) in [4.78, 5) is 14.3. The maximum absolute atomic E-state index is 12.1. The normalized spacial score (nSPS) is 28.9. The smallest absolute Gasteiger partial charge is 0.237 e. The maximum atomic E-state index is 12.1. The molecular formula is C13H24N2O. The molecule has 1 amide bonds. The Morgan fingerprint density at radius 2 is 1.75 bits per heavy atom. The van der Waals surface area contributed by atoms with E-state index in [0.717, 1.165) is 13.0 Å². The van der Waals surface area contributed by atoms with E-state index in [0.29, 0.717) is 6.04 Å². The monoisotopic (exact) mass is 224 g/mol. The molecule has 2 fully saturated rings. The first-order chi connectivity index (χ1) is 7.77. The SMILES string of the molecule is CN1CCC[C@H]1C(=O)NC1CCCCCC1. The van der Waals surface area contributed by atoms with Crippen LogP contribution in [-0.2, 0) is 4.79 Å². The van der Waals surface area contributed by atoms with Gasteiger partial charge in [0, 0.05) is 6.04 Å². The second-order valence-corrected chi connectivity index (χ2v) is 5.34.